The van der Waals surface area contributed by atoms with Gasteiger partial charge in [-0.25, -0.2) is 4.79 Å². The van der Waals surface area contributed by atoms with Gasteiger partial charge >= 0.3 is 5.97 Å². The Bertz CT molecular complexity index is 976. The number of aliphatic carboxylic acids is 1. The van der Waals surface area contributed by atoms with Gasteiger partial charge < -0.3 is 9.84 Å². The molecule has 0 bridgehead atoms. The molecule has 0 spiro atoms. The van der Waals surface area contributed by atoms with Crippen LogP contribution in [-0.4, -0.2) is 27.4 Å². The third-order valence-corrected chi connectivity index (χ3v) is 5.74. The highest BCUT2D eigenvalue weighted by molar-refractivity contribution is 9.10. The molecule has 144 valence electrons. The van der Waals surface area contributed by atoms with E-state index >= 15 is 0 Å². The van der Waals surface area contributed by atoms with Crippen molar-refractivity contribution in [2.75, 3.05) is 4.90 Å². The number of anilines is 1. The molecule has 5 nitrogen and oxygen atoms in total. The second-order valence-corrected chi connectivity index (χ2v) is 8.51. The summed E-state index contributed by atoms with van der Waals surface area (Å²) in [4.78, 5) is 26.0. The van der Waals surface area contributed by atoms with Gasteiger partial charge in [-0.1, -0.05) is 65.0 Å². The van der Waals surface area contributed by atoms with Gasteiger partial charge in [-0.2, -0.15) is 0 Å². The second-order valence-electron chi connectivity index (χ2n) is 5.92. The summed E-state index contributed by atoms with van der Waals surface area (Å²) >= 11 is 10.0. The van der Waals surface area contributed by atoms with Crippen LogP contribution < -0.4 is 9.64 Å². The number of hydrogen-bond donors (Lipinski definition) is 1. The highest BCUT2D eigenvalue weighted by Crippen LogP contribution is 2.37. The van der Waals surface area contributed by atoms with E-state index in [1.165, 1.54) is 16.7 Å². The van der Waals surface area contributed by atoms with Gasteiger partial charge in [0.15, 0.2) is 10.4 Å². The summed E-state index contributed by atoms with van der Waals surface area (Å²) in [6.07, 6.45) is 1.17. The number of nitrogens with zero attached hydrogens (tertiary/aromatic N) is 1. The van der Waals surface area contributed by atoms with E-state index in [0.29, 0.717) is 27.1 Å². The molecule has 1 aliphatic heterocycles. The molecule has 3 rings (SSSR count). The van der Waals surface area contributed by atoms with Crippen LogP contribution in [0, 0.1) is 0 Å². The topological polar surface area (TPSA) is 66.8 Å². The molecular weight excluding hydrogens is 462 g/mol. The highest BCUT2D eigenvalue weighted by Gasteiger charge is 2.33. The van der Waals surface area contributed by atoms with E-state index in [0.717, 1.165) is 10.0 Å². The minimum atomic E-state index is -1.01. The van der Waals surface area contributed by atoms with Gasteiger partial charge in [0.05, 0.1) is 10.6 Å². The normalized spacial score (nSPS) is 16.5. The van der Waals surface area contributed by atoms with Gasteiger partial charge in [0.2, 0.25) is 0 Å². The summed E-state index contributed by atoms with van der Waals surface area (Å²) in [5, 5.41) is 9.15. The summed E-state index contributed by atoms with van der Waals surface area (Å²) < 4.78 is 6.84. The van der Waals surface area contributed by atoms with Crippen molar-refractivity contribution in [1.29, 1.82) is 0 Å². The molecule has 8 heteroatoms. The number of rotatable bonds is 6. The quantitative estimate of drug-likeness (QED) is 0.461. The number of thioether (sulfide) groups is 1. The lowest BCUT2D eigenvalue weighted by molar-refractivity contribution is -0.145. The Balaban J connectivity index is 1.84. The van der Waals surface area contributed by atoms with Crippen LogP contribution in [0.4, 0.5) is 5.69 Å². The van der Waals surface area contributed by atoms with E-state index < -0.39 is 12.1 Å². The van der Waals surface area contributed by atoms with Gasteiger partial charge in [-0.15, -0.1) is 0 Å². The average molecular weight is 478 g/mol. The Kier molecular flexibility index (Phi) is 6.53. The van der Waals surface area contributed by atoms with Crippen LogP contribution in [0.1, 0.15) is 18.9 Å². The molecule has 0 saturated carbocycles. The maximum absolute atomic E-state index is 12.9. The molecule has 1 saturated heterocycles. The summed E-state index contributed by atoms with van der Waals surface area (Å²) in [7, 11) is 0. The molecule has 28 heavy (non-hydrogen) atoms. The fraction of sp³-hybridized carbons (Fsp3) is 0.150. The van der Waals surface area contributed by atoms with Crippen LogP contribution in [0.15, 0.2) is 57.9 Å². The minimum Gasteiger partial charge on any atom is -0.479 e. The Morgan fingerprint density at radius 1 is 1.32 bits per heavy atom. The first kappa shape index (κ1) is 20.6. The van der Waals surface area contributed by atoms with Crippen molar-refractivity contribution in [1.82, 2.24) is 0 Å². The van der Waals surface area contributed by atoms with Crippen molar-refractivity contribution in [2.24, 2.45) is 0 Å². The summed E-state index contributed by atoms with van der Waals surface area (Å²) in [5.74, 6) is -0.773. The number of thiocarbonyl (C=S) groups is 1. The zero-order chi connectivity index (χ0) is 20.3. The van der Waals surface area contributed by atoms with Crippen LogP contribution in [0.3, 0.4) is 0 Å². The Morgan fingerprint density at radius 3 is 2.75 bits per heavy atom. The van der Waals surface area contributed by atoms with Crippen LogP contribution in [0.2, 0.25) is 0 Å². The number of carbonyl (C=O) groups is 2. The zero-order valence-electron chi connectivity index (χ0n) is 14.8. The number of carboxylic acids is 1. The second kappa shape index (κ2) is 8.89. The molecule has 2 aromatic carbocycles. The largest absolute Gasteiger partial charge is 0.479 e. The fourth-order valence-corrected chi connectivity index (χ4v) is 4.29. The zero-order valence-corrected chi connectivity index (χ0v) is 18.0. The van der Waals surface area contributed by atoms with Crippen molar-refractivity contribution in [2.45, 2.75) is 19.4 Å². The molecule has 0 aromatic heterocycles. The molecule has 1 aliphatic rings. The number of ether oxygens (including phenoxy) is 1. The Hall–Kier alpha value is -2.16. The van der Waals surface area contributed by atoms with Gasteiger partial charge in [0.25, 0.3) is 5.91 Å². The summed E-state index contributed by atoms with van der Waals surface area (Å²) in [6.45, 7) is 1.75. The maximum atomic E-state index is 12.9. The van der Waals surface area contributed by atoms with Gasteiger partial charge in [0.1, 0.15) is 5.75 Å². The van der Waals surface area contributed by atoms with Crippen LogP contribution in [0.25, 0.3) is 6.08 Å². The number of amides is 1. The summed E-state index contributed by atoms with van der Waals surface area (Å²) in [6, 6.07) is 14.3. The van der Waals surface area contributed by atoms with Crippen molar-refractivity contribution in [3.05, 3.63) is 63.5 Å². The minimum absolute atomic E-state index is 0.198. The van der Waals surface area contributed by atoms with Gasteiger partial charge in [-0.05, 0) is 48.4 Å². The van der Waals surface area contributed by atoms with E-state index in [4.69, 9.17) is 22.1 Å². The number of hydrogen-bond acceptors (Lipinski definition) is 5. The molecule has 0 radical (unpaired) electrons. The monoisotopic (exact) mass is 477 g/mol. The van der Waals surface area contributed by atoms with E-state index in [2.05, 4.69) is 15.9 Å². The molecule has 2 aromatic rings. The van der Waals surface area contributed by atoms with Crippen LogP contribution in [-0.2, 0) is 9.59 Å². The van der Waals surface area contributed by atoms with Gasteiger partial charge in [0, 0.05) is 4.47 Å². The first-order valence-electron chi connectivity index (χ1n) is 8.42. The van der Waals surface area contributed by atoms with E-state index in [9.17, 15) is 9.59 Å². The van der Waals surface area contributed by atoms with Crippen molar-refractivity contribution in [3.63, 3.8) is 0 Å². The third kappa shape index (κ3) is 4.63. The van der Waals surface area contributed by atoms with E-state index in [1.807, 2.05) is 30.3 Å². The Labute approximate surface area is 180 Å². The van der Waals surface area contributed by atoms with E-state index in [-0.39, 0.29) is 5.91 Å². The number of carbonyl (C=O) groups excluding carboxylic acids is 1. The fourth-order valence-electron chi connectivity index (χ4n) is 2.61. The highest BCUT2D eigenvalue weighted by atomic mass is 79.9. The standard InChI is InChI=1S/C20H16BrNO4S2/c1-2-16(19(24)25)26-15-8-3-5-12(9-15)10-17-18(23)22(20(27)28-17)14-7-4-6-13(21)11-14/h3-11,16H,2H2,1H3,(H,24,25)/b17-10+. The molecule has 1 N–H and O–H groups in total. The number of carboxylic acid groups (broad SMARTS) is 1. The molecule has 1 atom stereocenters. The summed E-state index contributed by atoms with van der Waals surface area (Å²) in [5.41, 5.74) is 1.43. The van der Waals surface area contributed by atoms with Crippen LogP contribution in [0.5, 0.6) is 5.75 Å². The molecular formula is C20H16BrNO4S2. The maximum Gasteiger partial charge on any atom is 0.344 e. The first-order chi connectivity index (χ1) is 13.4. The van der Waals surface area contributed by atoms with Crippen LogP contribution >= 0.6 is 39.9 Å². The van der Waals surface area contributed by atoms with Crippen molar-refractivity contribution < 1.29 is 19.4 Å². The molecule has 0 aliphatic carbocycles. The molecule has 1 amide bonds. The molecule has 1 fully saturated rings. The third-order valence-electron chi connectivity index (χ3n) is 3.94. The average Bonchev–Trinajstić information content (AvgIpc) is 2.93. The van der Waals surface area contributed by atoms with E-state index in [1.54, 1.807) is 31.2 Å². The molecule has 1 unspecified atom stereocenters. The number of benzene rings is 2. The van der Waals surface area contributed by atoms with Crippen molar-refractivity contribution >= 4 is 67.9 Å². The smallest absolute Gasteiger partial charge is 0.344 e. The first-order valence-corrected chi connectivity index (χ1v) is 10.4. The lowest BCUT2D eigenvalue weighted by atomic mass is 10.2. The lowest BCUT2D eigenvalue weighted by Gasteiger charge is -2.14. The number of halogens is 1. The SMILES string of the molecule is CCC(Oc1cccc(/C=C2/SC(=S)N(c3cccc(Br)c3)C2=O)c1)C(=O)O. The van der Waals surface area contributed by atoms with Crippen molar-refractivity contribution in [3.8, 4) is 5.75 Å². The predicted molar refractivity (Wildman–Crippen MR) is 119 cm³/mol. The lowest BCUT2D eigenvalue weighted by Crippen LogP contribution is -2.27. The Morgan fingerprint density at radius 2 is 2.07 bits per heavy atom. The molecule has 1 heterocycles. The van der Waals surface area contributed by atoms with Gasteiger partial charge in [-0.3, -0.25) is 9.69 Å². The predicted octanol–water partition coefficient (Wildman–Crippen LogP) is 5.10.